The van der Waals surface area contributed by atoms with E-state index in [0.29, 0.717) is 13.0 Å². The first-order chi connectivity index (χ1) is 8.47. The van der Waals surface area contributed by atoms with Gasteiger partial charge in [0.2, 0.25) is 10.0 Å². The van der Waals surface area contributed by atoms with Crippen LogP contribution in [0.5, 0.6) is 0 Å². The first kappa shape index (κ1) is 13.5. The Morgan fingerprint density at radius 3 is 2.39 bits per heavy atom. The van der Waals surface area contributed by atoms with Crippen molar-refractivity contribution in [3.05, 3.63) is 35.6 Å². The molecule has 0 bridgehead atoms. The predicted octanol–water partition coefficient (Wildman–Crippen LogP) is 2.19. The highest BCUT2D eigenvalue weighted by atomic mass is 32.2. The Labute approximate surface area is 107 Å². The van der Waals surface area contributed by atoms with E-state index < -0.39 is 10.0 Å². The van der Waals surface area contributed by atoms with Crippen molar-refractivity contribution in [1.29, 1.82) is 0 Å². The number of nitrogens with one attached hydrogen (secondary N) is 1. The van der Waals surface area contributed by atoms with Gasteiger partial charge in [-0.05, 0) is 37.0 Å². The van der Waals surface area contributed by atoms with E-state index in [1.165, 1.54) is 12.1 Å². The summed E-state index contributed by atoms with van der Waals surface area (Å²) >= 11 is 0. The quantitative estimate of drug-likeness (QED) is 0.862. The minimum Gasteiger partial charge on any atom is -0.214 e. The molecule has 1 fully saturated rings. The molecule has 0 unspecified atom stereocenters. The summed E-state index contributed by atoms with van der Waals surface area (Å²) in [6.07, 6.45) is 2.51. The van der Waals surface area contributed by atoms with Gasteiger partial charge >= 0.3 is 0 Å². The number of hydrogen-bond donors (Lipinski definition) is 1. The number of sulfonamides is 1. The van der Waals surface area contributed by atoms with Crippen LogP contribution in [0.1, 0.15) is 31.7 Å². The summed E-state index contributed by atoms with van der Waals surface area (Å²) in [5.74, 6) is -0.104. The largest absolute Gasteiger partial charge is 0.214 e. The standard InChI is InChI=1S/C13H18FNO2S/c1-2-9-18(16,17)15-10-13(7-8-13)11-3-5-12(14)6-4-11/h3-6,15H,2,7-10H2,1H3. The Bertz CT molecular complexity index is 506. The molecular formula is C13H18FNO2S. The molecule has 0 heterocycles. The van der Waals surface area contributed by atoms with Crippen LogP contribution in [0.4, 0.5) is 4.39 Å². The van der Waals surface area contributed by atoms with Gasteiger partial charge in [0.15, 0.2) is 0 Å². The summed E-state index contributed by atoms with van der Waals surface area (Å²) in [6, 6.07) is 6.35. The number of hydrogen-bond acceptors (Lipinski definition) is 2. The first-order valence-corrected chi connectivity index (χ1v) is 7.86. The fourth-order valence-corrected chi connectivity index (χ4v) is 3.29. The van der Waals surface area contributed by atoms with Crippen molar-refractivity contribution in [1.82, 2.24) is 4.72 Å². The van der Waals surface area contributed by atoms with Gasteiger partial charge in [0.05, 0.1) is 5.75 Å². The Balaban J connectivity index is 2.03. The van der Waals surface area contributed by atoms with Gasteiger partial charge < -0.3 is 0 Å². The van der Waals surface area contributed by atoms with Crippen LogP contribution in [0.2, 0.25) is 0 Å². The lowest BCUT2D eigenvalue weighted by molar-refractivity contribution is 0.565. The SMILES string of the molecule is CCCS(=O)(=O)NCC1(c2ccc(F)cc2)CC1. The van der Waals surface area contributed by atoms with Crippen molar-refractivity contribution in [2.45, 2.75) is 31.6 Å². The molecular weight excluding hydrogens is 253 g/mol. The lowest BCUT2D eigenvalue weighted by Crippen LogP contribution is -2.33. The second-order valence-corrected chi connectivity index (χ2v) is 6.85. The third-order valence-electron chi connectivity index (χ3n) is 3.41. The monoisotopic (exact) mass is 271 g/mol. The van der Waals surface area contributed by atoms with E-state index in [2.05, 4.69) is 4.72 Å². The van der Waals surface area contributed by atoms with Gasteiger partial charge in [-0.15, -0.1) is 0 Å². The Kier molecular flexibility index (Phi) is 3.73. The Morgan fingerprint density at radius 2 is 1.89 bits per heavy atom. The average Bonchev–Trinajstić information content (AvgIpc) is 3.09. The van der Waals surface area contributed by atoms with Crippen LogP contribution in [-0.4, -0.2) is 20.7 Å². The van der Waals surface area contributed by atoms with Crippen LogP contribution in [0.25, 0.3) is 0 Å². The molecule has 1 aromatic rings. The van der Waals surface area contributed by atoms with Gasteiger partial charge in [0, 0.05) is 12.0 Å². The van der Waals surface area contributed by atoms with Crippen molar-refractivity contribution in [2.75, 3.05) is 12.3 Å². The van der Waals surface area contributed by atoms with Crippen LogP contribution in [0.15, 0.2) is 24.3 Å². The topological polar surface area (TPSA) is 46.2 Å². The maximum Gasteiger partial charge on any atom is 0.211 e. The van der Waals surface area contributed by atoms with Crippen molar-refractivity contribution in [3.63, 3.8) is 0 Å². The molecule has 18 heavy (non-hydrogen) atoms. The minimum atomic E-state index is -3.17. The van der Waals surface area contributed by atoms with E-state index >= 15 is 0 Å². The van der Waals surface area contributed by atoms with Gasteiger partial charge in [-0.25, -0.2) is 17.5 Å². The highest BCUT2D eigenvalue weighted by molar-refractivity contribution is 7.89. The molecule has 0 amide bonds. The molecule has 1 N–H and O–H groups in total. The Morgan fingerprint density at radius 1 is 1.28 bits per heavy atom. The third-order valence-corrected chi connectivity index (χ3v) is 4.94. The highest BCUT2D eigenvalue weighted by Crippen LogP contribution is 2.47. The summed E-state index contributed by atoms with van der Waals surface area (Å²) in [7, 11) is -3.17. The second kappa shape index (κ2) is 4.97. The van der Waals surface area contributed by atoms with Gasteiger partial charge in [0.1, 0.15) is 5.82 Å². The van der Waals surface area contributed by atoms with Crippen LogP contribution in [-0.2, 0) is 15.4 Å². The summed E-state index contributed by atoms with van der Waals surface area (Å²) < 4.78 is 38.8. The molecule has 0 aliphatic heterocycles. The van der Waals surface area contributed by atoms with Crippen LogP contribution in [0.3, 0.4) is 0 Å². The predicted molar refractivity (Wildman–Crippen MR) is 69.4 cm³/mol. The molecule has 1 saturated carbocycles. The molecule has 3 nitrogen and oxygen atoms in total. The molecule has 0 aromatic heterocycles. The molecule has 0 spiro atoms. The van der Waals surface area contributed by atoms with Crippen molar-refractivity contribution >= 4 is 10.0 Å². The van der Waals surface area contributed by atoms with Gasteiger partial charge in [-0.2, -0.15) is 0 Å². The molecule has 5 heteroatoms. The average molecular weight is 271 g/mol. The molecule has 0 radical (unpaired) electrons. The molecule has 0 atom stereocenters. The van der Waals surface area contributed by atoms with Gasteiger partial charge in [0.25, 0.3) is 0 Å². The summed E-state index contributed by atoms with van der Waals surface area (Å²) in [6.45, 7) is 2.26. The zero-order chi connectivity index (χ0) is 13.2. The van der Waals surface area contributed by atoms with Crippen molar-refractivity contribution in [2.24, 2.45) is 0 Å². The minimum absolute atomic E-state index is 0.117. The zero-order valence-electron chi connectivity index (χ0n) is 10.4. The molecule has 2 rings (SSSR count). The number of benzene rings is 1. The van der Waals surface area contributed by atoms with E-state index in [-0.39, 0.29) is 17.0 Å². The zero-order valence-corrected chi connectivity index (χ0v) is 11.3. The second-order valence-electron chi connectivity index (χ2n) is 4.93. The van der Waals surface area contributed by atoms with Crippen molar-refractivity contribution < 1.29 is 12.8 Å². The van der Waals surface area contributed by atoms with Crippen LogP contribution >= 0.6 is 0 Å². The summed E-state index contributed by atoms with van der Waals surface area (Å²) in [4.78, 5) is 0. The molecule has 100 valence electrons. The van der Waals surface area contributed by atoms with Crippen LogP contribution in [0, 0.1) is 5.82 Å². The normalized spacial score (nSPS) is 17.7. The molecule has 1 aliphatic rings. The van der Waals surface area contributed by atoms with Crippen molar-refractivity contribution in [3.8, 4) is 0 Å². The fraction of sp³-hybridized carbons (Fsp3) is 0.538. The fourth-order valence-electron chi connectivity index (χ4n) is 2.11. The van der Waals surface area contributed by atoms with Crippen LogP contribution < -0.4 is 4.72 Å². The molecule has 0 saturated heterocycles. The first-order valence-electron chi connectivity index (χ1n) is 6.21. The van der Waals surface area contributed by atoms with Gasteiger partial charge in [-0.1, -0.05) is 19.1 Å². The molecule has 1 aromatic carbocycles. The Hall–Kier alpha value is -0.940. The van der Waals surface area contributed by atoms with E-state index in [0.717, 1.165) is 18.4 Å². The lowest BCUT2D eigenvalue weighted by Gasteiger charge is -2.16. The number of rotatable bonds is 6. The maximum atomic E-state index is 12.9. The third kappa shape index (κ3) is 3.09. The van der Waals surface area contributed by atoms with E-state index in [9.17, 15) is 12.8 Å². The highest BCUT2D eigenvalue weighted by Gasteiger charge is 2.44. The maximum absolute atomic E-state index is 12.9. The van der Waals surface area contributed by atoms with E-state index in [1.54, 1.807) is 12.1 Å². The smallest absolute Gasteiger partial charge is 0.211 e. The number of halogens is 1. The van der Waals surface area contributed by atoms with E-state index in [4.69, 9.17) is 0 Å². The van der Waals surface area contributed by atoms with Gasteiger partial charge in [-0.3, -0.25) is 0 Å². The summed E-state index contributed by atoms with van der Waals surface area (Å²) in [5.41, 5.74) is 0.900. The molecule has 1 aliphatic carbocycles. The van der Waals surface area contributed by atoms with E-state index in [1.807, 2.05) is 6.92 Å². The summed E-state index contributed by atoms with van der Waals surface area (Å²) in [5, 5.41) is 0. The lowest BCUT2D eigenvalue weighted by atomic mass is 9.96.